The van der Waals surface area contributed by atoms with Crippen molar-refractivity contribution in [1.82, 2.24) is 0 Å². The van der Waals surface area contributed by atoms with Crippen molar-refractivity contribution < 1.29 is 44.6 Å². The topological polar surface area (TPSA) is 110 Å². The number of carbonyl (C=O) groups is 1. The molecule has 25 heavy (non-hydrogen) atoms. The summed E-state index contributed by atoms with van der Waals surface area (Å²) in [5.74, 6) is -4.93. The van der Waals surface area contributed by atoms with E-state index in [-0.39, 0.29) is 12.1 Å². The number of hydrogen-bond acceptors (Lipinski definition) is 5. The minimum Gasteiger partial charge on any atom is -0.506 e. The van der Waals surface area contributed by atoms with Crippen molar-refractivity contribution in [3.8, 4) is 23.0 Å². The van der Waals surface area contributed by atoms with Crippen LogP contribution in [0, 0.1) is 0 Å². The van der Waals surface area contributed by atoms with E-state index in [0.29, 0.717) is 18.2 Å². The number of anilines is 1. The van der Waals surface area contributed by atoms with Crippen molar-refractivity contribution in [2.45, 2.75) is 4.90 Å². The molecule has 5 N–H and O–H groups in total. The molecule has 0 fully saturated rings. The molecule has 0 atom stereocenters. The second kappa shape index (κ2) is 4.81. The molecule has 0 aromatic heterocycles. The van der Waals surface area contributed by atoms with Crippen molar-refractivity contribution in [3.05, 3.63) is 35.9 Å². The third-order valence-corrected chi connectivity index (χ3v) is 4.14. The van der Waals surface area contributed by atoms with Gasteiger partial charge in [0, 0.05) is 5.56 Å². The largest absolute Gasteiger partial charge is 0.506 e. The van der Waals surface area contributed by atoms with Crippen molar-refractivity contribution in [3.63, 3.8) is 0 Å². The number of halogens is 5. The number of nitrogens with one attached hydrogen (secondary N) is 1. The second-order valence-corrected chi connectivity index (χ2v) is 7.37. The second-order valence-electron chi connectivity index (χ2n) is 4.97. The molecule has 0 unspecified atom stereocenters. The lowest BCUT2D eigenvalue weighted by atomic mass is 10.1. The minimum atomic E-state index is -10.0. The van der Waals surface area contributed by atoms with Gasteiger partial charge in [-0.1, -0.05) is 19.4 Å². The van der Waals surface area contributed by atoms with E-state index in [1.54, 1.807) is 5.32 Å². The van der Waals surface area contributed by atoms with Gasteiger partial charge in [-0.25, -0.2) is 0 Å². The number of phenolic OH excluding ortho intramolecular Hbond substituents is 4. The average Bonchev–Trinajstić information content (AvgIpc) is 2.43. The summed E-state index contributed by atoms with van der Waals surface area (Å²) >= 11 is 0. The molecule has 2 aromatic rings. The predicted octanol–water partition coefficient (Wildman–Crippen LogP) is 4.42. The molecule has 0 spiro atoms. The first-order valence-electron chi connectivity index (χ1n) is 6.22. The first kappa shape index (κ1) is 18.4. The van der Waals surface area contributed by atoms with E-state index in [1.807, 2.05) is 0 Å². The quantitative estimate of drug-likeness (QED) is 0.396. The van der Waals surface area contributed by atoms with E-state index >= 15 is 0 Å². The summed E-state index contributed by atoms with van der Waals surface area (Å²) < 4.78 is 63.9. The highest BCUT2D eigenvalue weighted by molar-refractivity contribution is 8.45. The fraction of sp³-hybridized carbons (Fsp3) is 0. The molecule has 12 heteroatoms. The Bertz CT molecular complexity index is 862. The zero-order chi connectivity index (χ0) is 19.3. The van der Waals surface area contributed by atoms with Crippen molar-refractivity contribution >= 4 is 21.8 Å². The van der Waals surface area contributed by atoms with Crippen LogP contribution in [0.15, 0.2) is 35.2 Å². The molecule has 2 aromatic carbocycles. The number of hydrogen-bond donors (Lipinski definition) is 5. The standard InChI is InChI=1S/C13H10F5NO5S/c14-25(15,16,17,18)7-1-2-9(20)8(5-7)19-13(24)6-3-10(21)12(23)11(22)4-6/h1-5,20-23H,(H,19,24). The van der Waals surface area contributed by atoms with Crippen molar-refractivity contribution in [1.29, 1.82) is 0 Å². The van der Waals surface area contributed by atoms with Crippen LogP contribution in [0.4, 0.5) is 25.1 Å². The van der Waals surface area contributed by atoms with Crippen LogP contribution in [0.25, 0.3) is 0 Å². The first-order chi connectivity index (χ1) is 11.1. The van der Waals surface area contributed by atoms with Crippen LogP contribution < -0.4 is 5.32 Å². The molecule has 2 rings (SSSR count). The maximum Gasteiger partial charge on any atom is 0.310 e. The van der Waals surface area contributed by atoms with Gasteiger partial charge in [-0.05, 0) is 30.3 Å². The van der Waals surface area contributed by atoms with Gasteiger partial charge in [-0.15, -0.1) is 0 Å². The summed E-state index contributed by atoms with van der Waals surface area (Å²) in [6, 6.07) is 1.47. The Morgan fingerprint density at radius 1 is 0.840 bits per heavy atom. The zero-order valence-corrected chi connectivity index (χ0v) is 12.7. The Kier molecular flexibility index (Phi) is 3.55. The Morgan fingerprint density at radius 3 is 1.84 bits per heavy atom. The van der Waals surface area contributed by atoms with Crippen molar-refractivity contribution in [2.75, 3.05) is 5.32 Å². The van der Waals surface area contributed by atoms with Crippen molar-refractivity contribution in [2.24, 2.45) is 0 Å². The van der Waals surface area contributed by atoms with Crippen LogP contribution >= 0.6 is 10.2 Å². The summed E-state index contributed by atoms with van der Waals surface area (Å²) in [5.41, 5.74) is -1.49. The summed E-state index contributed by atoms with van der Waals surface area (Å²) in [5, 5.41) is 38.9. The molecule has 0 aliphatic carbocycles. The molecule has 0 bridgehead atoms. The zero-order valence-electron chi connectivity index (χ0n) is 11.9. The molecule has 0 aliphatic rings. The average molecular weight is 387 g/mol. The van der Waals surface area contributed by atoms with Crippen LogP contribution in [-0.2, 0) is 0 Å². The van der Waals surface area contributed by atoms with Crippen LogP contribution in [0.5, 0.6) is 23.0 Å². The van der Waals surface area contributed by atoms with E-state index in [0.717, 1.165) is 0 Å². The highest BCUT2D eigenvalue weighted by Crippen LogP contribution is 3.02. The predicted molar refractivity (Wildman–Crippen MR) is 78.9 cm³/mol. The smallest absolute Gasteiger partial charge is 0.310 e. The molecule has 0 saturated carbocycles. The van der Waals surface area contributed by atoms with Crippen LogP contribution in [0.1, 0.15) is 10.4 Å². The minimum absolute atomic E-state index is 0.0369. The maximum absolute atomic E-state index is 12.8. The van der Waals surface area contributed by atoms with E-state index < -0.39 is 55.3 Å². The van der Waals surface area contributed by atoms with Gasteiger partial charge in [-0.3, -0.25) is 4.79 Å². The number of amides is 1. The third-order valence-electron chi connectivity index (χ3n) is 2.99. The van der Waals surface area contributed by atoms with Crippen LogP contribution in [0.2, 0.25) is 0 Å². The summed E-state index contributed by atoms with van der Waals surface area (Å²) in [6.07, 6.45) is 0. The van der Waals surface area contributed by atoms with Crippen LogP contribution in [-0.4, -0.2) is 26.3 Å². The molecular formula is C13H10F5NO5S. The van der Waals surface area contributed by atoms with Gasteiger partial charge in [0.1, 0.15) is 10.6 Å². The molecule has 0 saturated heterocycles. The Hall–Kier alpha value is -2.89. The summed E-state index contributed by atoms with van der Waals surface area (Å²) in [6.45, 7) is 0. The van der Waals surface area contributed by atoms with E-state index in [1.165, 1.54) is 0 Å². The lowest BCUT2D eigenvalue weighted by Crippen LogP contribution is -2.13. The molecule has 1 amide bonds. The third kappa shape index (κ3) is 3.96. The summed E-state index contributed by atoms with van der Waals surface area (Å²) in [4.78, 5) is 9.59. The normalized spacial score (nSPS) is 14.4. The van der Waals surface area contributed by atoms with E-state index in [4.69, 9.17) is 5.11 Å². The van der Waals surface area contributed by atoms with Gasteiger partial charge in [0.25, 0.3) is 5.91 Å². The van der Waals surface area contributed by atoms with E-state index in [2.05, 4.69) is 0 Å². The van der Waals surface area contributed by atoms with Gasteiger partial charge in [0.05, 0.1) is 5.69 Å². The lowest BCUT2D eigenvalue weighted by molar-refractivity contribution is 0.102. The number of benzene rings is 2. The fourth-order valence-electron chi connectivity index (χ4n) is 1.78. The summed E-state index contributed by atoms with van der Waals surface area (Å²) in [7, 11) is -10.0. The highest BCUT2D eigenvalue weighted by atomic mass is 32.5. The van der Waals surface area contributed by atoms with Gasteiger partial charge < -0.3 is 25.7 Å². The SMILES string of the molecule is O=C(Nc1cc(S(F)(F)(F)(F)F)ccc1O)c1cc(O)c(O)c(O)c1. The van der Waals surface area contributed by atoms with Gasteiger partial charge in [0.15, 0.2) is 17.2 Å². The molecular weight excluding hydrogens is 377 g/mol. The number of phenols is 4. The monoisotopic (exact) mass is 387 g/mol. The molecule has 138 valence electrons. The number of aromatic hydroxyl groups is 4. The fourth-order valence-corrected chi connectivity index (χ4v) is 2.45. The number of rotatable bonds is 3. The van der Waals surface area contributed by atoms with Crippen LogP contribution in [0.3, 0.4) is 0 Å². The lowest BCUT2D eigenvalue weighted by Gasteiger charge is -2.40. The number of carbonyl (C=O) groups excluding carboxylic acids is 1. The Labute approximate surface area is 136 Å². The van der Waals surface area contributed by atoms with E-state index in [9.17, 15) is 39.5 Å². The van der Waals surface area contributed by atoms with Gasteiger partial charge >= 0.3 is 10.2 Å². The molecule has 0 aliphatic heterocycles. The van der Waals surface area contributed by atoms with Gasteiger partial charge in [0.2, 0.25) is 0 Å². The highest BCUT2D eigenvalue weighted by Gasteiger charge is 2.65. The molecule has 0 radical (unpaired) electrons. The Balaban J connectivity index is 2.43. The van der Waals surface area contributed by atoms with Gasteiger partial charge in [-0.2, -0.15) is 0 Å². The molecule has 0 heterocycles. The molecule has 6 nitrogen and oxygen atoms in total. The first-order valence-corrected chi connectivity index (χ1v) is 8.17. The maximum atomic E-state index is 12.8. The Morgan fingerprint density at radius 2 is 1.36 bits per heavy atom.